The van der Waals surface area contributed by atoms with Gasteiger partial charge in [-0.15, -0.1) is 0 Å². The van der Waals surface area contributed by atoms with Crippen LogP contribution in [-0.2, 0) is 26.8 Å². The minimum Gasteiger partial charge on any atom is -0.392 e. The number of alkyl halides is 3. The quantitative estimate of drug-likeness (QED) is 0.660. The summed E-state index contributed by atoms with van der Waals surface area (Å²) < 4.78 is 41.8. The normalized spacial score (nSPS) is 13.1. The Morgan fingerprint density at radius 2 is 1.76 bits per heavy atom. The molecule has 0 radical (unpaired) electrons. The number of benzene rings is 1. The Hall–Kier alpha value is -3.08. The second kappa shape index (κ2) is 7.39. The average Bonchev–Trinajstić information content (AvgIpc) is 2.98. The summed E-state index contributed by atoms with van der Waals surface area (Å²) in [5, 5.41) is 12.3. The van der Waals surface area contributed by atoms with Crippen LogP contribution in [0.25, 0.3) is 11.2 Å². The molecule has 11 heteroatoms. The van der Waals surface area contributed by atoms with Gasteiger partial charge in [-0.2, -0.15) is 18.2 Å². The fourth-order valence-electron chi connectivity index (χ4n) is 2.96. The molecule has 1 unspecified atom stereocenters. The van der Waals surface area contributed by atoms with Gasteiger partial charge in [0.15, 0.2) is 11.2 Å². The lowest BCUT2D eigenvalue weighted by atomic mass is 10.1. The number of fused-ring (bicyclic) bond motifs is 1. The Morgan fingerprint density at radius 1 is 1.14 bits per heavy atom. The highest BCUT2D eigenvalue weighted by Crippen LogP contribution is 2.29. The van der Waals surface area contributed by atoms with Gasteiger partial charge in [0, 0.05) is 20.6 Å². The van der Waals surface area contributed by atoms with Crippen molar-refractivity contribution in [1.29, 1.82) is 0 Å². The number of hydrogen-bond acceptors (Lipinski definition) is 5. The molecule has 0 saturated heterocycles. The van der Waals surface area contributed by atoms with E-state index >= 15 is 0 Å². The SMILES string of the molecule is CC(O)CNc1nc2c(c(=O)n(Cc3ccc(C(F)(F)F)cc3)c(=O)n2C)n1C. The first-order valence-corrected chi connectivity index (χ1v) is 8.75. The first-order chi connectivity index (χ1) is 13.5. The van der Waals surface area contributed by atoms with Crippen molar-refractivity contribution in [2.24, 2.45) is 14.1 Å². The van der Waals surface area contributed by atoms with E-state index in [4.69, 9.17) is 0 Å². The zero-order valence-corrected chi connectivity index (χ0v) is 16.0. The molecular weight excluding hydrogens is 391 g/mol. The zero-order valence-electron chi connectivity index (χ0n) is 16.0. The summed E-state index contributed by atoms with van der Waals surface area (Å²) in [6.45, 7) is 1.61. The van der Waals surface area contributed by atoms with Crippen LogP contribution in [0, 0.1) is 0 Å². The molecule has 0 aliphatic rings. The number of nitrogens with zero attached hydrogens (tertiary/aromatic N) is 4. The molecule has 29 heavy (non-hydrogen) atoms. The zero-order chi connectivity index (χ0) is 21.5. The van der Waals surface area contributed by atoms with Crippen LogP contribution in [-0.4, -0.2) is 36.4 Å². The Bertz CT molecular complexity index is 1160. The van der Waals surface area contributed by atoms with Gasteiger partial charge in [0.05, 0.1) is 18.2 Å². The van der Waals surface area contributed by atoms with Crippen LogP contribution in [0.2, 0.25) is 0 Å². The van der Waals surface area contributed by atoms with Crippen molar-refractivity contribution in [3.05, 3.63) is 56.2 Å². The Kier molecular flexibility index (Phi) is 5.26. The topological polar surface area (TPSA) is 94.1 Å². The number of hydrogen-bond donors (Lipinski definition) is 2. The molecular formula is C18H20F3N5O3. The van der Waals surface area contributed by atoms with Crippen molar-refractivity contribution in [3.63, 3.8) is 0 Å². The molecule has 0 amide bonds. The van der Waals surface area contributed by atoms with E-state index in [-0.39, 0.29) is 24.3 Å². The van der Waals surface area contributed by atoms with Gasteiger partial charge >= 0.3 is 11.9 Å². The maximum absolute atomic E-state index is 12.9. The Morgan fingerprint density at radius 3 is 2.31 bits per heavy atom. The third-order valence-electron chi connectivity index (χ3n) is 4.54. The van der Waals surface area contributed by atoms with Crippen molar-refractivity contribution in [1.82, 2.24) is 18.7 Å². The van der Waals surface area contributed by atoms with Gasteiger partial charge in [-0.05, 0) is 24.6 Å². The summed E-state index contributed by atoms with van der Waals surface area (Å²) in [5.41, 5.74) is -1.35. The van der Waals surface area contributed by atoms with E-state index in [9.17, 15) is 27.9 Å². The number of aliphatic hydroxyl groups excluding tert-OH is 1. The number of aryl methyl sites for hydroxylation is 2. The number of rotatable bonds is 5. The lowest BCUT2D eigenvalue weighted by Gasteiger charge is -2.10. The van der Waals surface area contributed by atoms with Crippen LogP contribution in [0.4, 0.5) is 19.1 Å². The van der Waals surface area contributed by atoms with Gasteiger partial charge in [0.2, 0.25) is 5.95 Å². The number of nitrogens with one attached hydrogen (secondary N) is 1. The summed E-state index contributed by atoms with van der Waals surface area (Å²) in [4.78, 5) is 29.9. The number of halogens is 3. The predicted molar refractivity (Wildman–Crippen MR) is 101 cm³/mol. The van der Waals surface area contributed by atoms with Gasteiger partial charge in [-0.3, -0.25) is 13.9 Å². The van der Waals surface area contributed by atoms with Gasteiger partial charge in [0.25, 0.3) is 5.56 Å². The van der Waals surface area contributed by atoms with Gasteiger partial charge in [-0.1, -0.05) is 12.1 Å². The minimum atomic E-state index is -4.46. The van der Waals surface area contributed by atoms with Crippen molar-refractivity contribution in [2.45, 2.75) is 25.7 Å². The molecule has 0 aliphatic heterocycles. The Labute approximate surface area is 162 Å². The predicted octanol–water partition coefficient (Wildman–Crippen LogP) is 1.29. The minimum absolute atomic E-state index is 0.159. The van der Waals surface area contributed by atoms with Crippen molar-refractivity contribution >= 4 is 17.1 Å². The highest BCUT2D eigenvalue weighted by Gasteiger charge is 2.30. The Balaban J connectivity index is 2.06. The molecule has 1 aromatic carbocycles. The summed E-state index contributed by atoms with van der Waals surface area (Å²) in [5.74, 6) is 0.306. The standard InChI is InChI=1S/C18H20F3N5O3/c1-10(27)8-22-16-23-14-13(24(16)2)15(28)26(17(29)25(14)3)9-11-4-6-12(7-5-11)18(19,20)21/h4-7,10,27H,8-9H2,1-3H3,(H,22,23). The third-order valence-corrected chi connectivity index (χ3v) is 4.54. The van der Waals surface area contributed by atoms with Crippen molar-refractivity contribution < 1.29 is 18.3 Å². The molecule has 156 valence electrons. The molecule has 0 spiro atoms. The molecule has 2 N–H and O–H groups in total. The van der Waals surface area contributed by atoms with Crippen LogP contribution in [0.1, 0.15) is 18.1 Å². The van der Waals surface area contributed by atoms with E-state index in [1.807, 2.05) is 0 Å². The van der Waals surface area contributed by atoms with E-state index < -0.39 is 29.1 Å². The lowest BCUT2D eigenvalue weighted by Crippen LogP contribution is -2.39. The number of imidazole rings is 1. The number of anilines is 1. The van der Waals surface area contributed by atoms with Crippen molar-refractivity contribution in [2.75, 3.05) is 11.9 Å². The summed E-state index contributed by atoms with van der Waals surface area (Å²) >= 11 is 0. The van der Waals surface area contributed by atoms with E-state index in [0.29, 0.717) is 11.5 Å². The van der Waals surface area contributed by atoms with E-state index in [1.54, 1.807) is 14.0 Å². The van der Waals surface area contributed by atoms with Crippen LogP contribution in [0.15, 0.2) is 33.9 Å². The molecule has 0 bridgehead atoms. The summed E-state index contributed by atoms with van der Waals surface area (Å²) in [6, 6.07) is 4.28. The van der Waals surface area contributed by atoms with Crippen LogP contribution < -0.4 is 16.6 Å². The summed E-state index contributed by atoms with van der Waals surface area (Å²) in [6.07, 6.45) is -5.11. The van der Waals surface area contributed by atoms with Gasteiger partial charge in [0.1, 0.15) is 0 Å². The van der Waals surface area contributed by atoms with E-state index in [1.165, 1.54) is 28.3 Å². The summed E-state index contributed by atoms with van der Waals surface area (Å²) in [7, 11) is 3.05. The third kappa shape index (κ3) is 3.90. The molecule has 8 nitrogen and oxygen atoms in total. The van der Waals surface area contributed by atoms with E-state index in [0.717, 1.165) is 16.7 Å². The van der Waals surface area contributed by atoms with Crippen LogP contribution in [0.5, 0.6) is 0 Å². The highest BCUT2D eigenvalue weighted by molar-refractivity contribution is 5.74. The second-order valence-corrected chi connectivity index (χ2v) is 6.82. The highest BCUT2D eigenvalue weighted by atomic mass is 19.4. The molecule has 0 aliphatic carbocycles. The molecule has 0 saturated carbocycles. The maximum Gasteiger partial charge on any atom is 0.416 e. The molecule has 1 atom stereocenters. The fraction of sp³-hybridized carbons (Fsp3) is 0.389. The lowest BCUT2D eigenvalue weighted by molar-refractivity contribution is -0.137. The molecule has 3 aromatic rings. The first kappa shape index (κ1) is 20.6. The smallest absolute Gasteiger partial charge is 0.392 e. The van der Waals surface area contributed by atoms with Gasteiger partial charge < -0.3 is 15.0 Å². The molecule has 2 heterocycles. The fourth-order valence-corrected chi connectivity index (χ4v) is 2.96. The monoisotopic (exact) mass is 411 g/mol. The largest absolute Gasteiger partial charge is 0.416 e. The van der Waals surface area contributed by atoms with Crippen LogP contribution >= 0.6 is 0 Å². The average molecular weight is 411 g/mol. The molecule has 3 rings (SSSR count). The second-order valence-electron chi connectivity index (χ2n) is 6.82. The van der Waals surface area contributed by atoms with E-state index in [2.05, 4.69) is 10.3 Å². The first-order valence-electron chi connectivity index (χ1n) is 8.75. The number of aromatic nitrogens is 4. The van der Waals surface area contributed by atoms with Crippen LogP contribution in [0.3, 0.4) is 0 Å². The van der Waals surface area contributed by atoms with Gasteiger partial charge in [-0.25, -0.2) is 4.79 Å². The molecule has 2 aromatic heterocycles. The van der Waals surface area contributed by atoms with Crippen molar-refractivity contribution in [3.8, 4) is 0 Å². The number of aliphatic hydroxyl groups is 1. The molecule has 0 fully saturated rings. The maximum atomic E-state index is 12.9.